The number of likely N-dealkylation sites (tertiary alicyclic amines) is 1. The third-order valence-corrected chi connectivity index (χ3v) is 5.15. The number of nitrogens with one attached hydrogen (secondary N) is 1. The van der Waals surface area contributed by atoms with E-state index in [0.29, 0.717) is 26.1 Å². The first kappa shape index (κ1) is 16.0. The quantitative estimate of drug-likeness (QED) is 0.817. The van der Waals surface area contributed by atoms with Crippen molar-refractivity contribution < 1.29 is 13.2 Å². The van der Waals surface area contributed by atoms with Crippen LogP contribution < -0.4 is 4.72 Å². The van der Waals surface area contributed by atoms with Crippen LogP contribution in [0, 0.1) is 5.92 Å². The van der Waals surface area contributed by atoms with Gasteiger partial charge in [-0.3, -0.25) is 4.79 Å². The lowest BCUT2D eigenvalue weighted by Gasteiger charge is -2.16. The molecule has 6 heteroatoms. The van der Waals surface area contributed by atoms with Gasteiger partial charge in [0.05, 0.1) is 5.75 Å². The molecule has 0 bridgehead atoms. The molecule has 1 aromatic rings. The summed E-state index contributed by atoms with van der Waals surface area (Å²) < 4.78 is 25.4. The second kappa shape index (κ2) is 7.04. The summed E-state index contributed by atoms with van der Waals surface area (Å²) in [6.45, 7) is 3.29. The first-order chi connectivity index (χ1) is 10.00. The van der Waals surface area contributed by atoms with E-state index in [2.05, 4.69) is 4.72 Å². The van der Waals surface area contributed by atoms with Crippen LogP contribution in [0.4, 0.5) is 0 Å². The van der Waals surface area contributed by atoms with Crippen molar-refractivity contribution in [3.05, 3.63) is 35.9 Å². The number of nitrogens with zero attached hydrogens (tertiary/aromatic N) is 1. The highest BCUT2D eigenvalue weighted by atomic mass is 32.2. The number of carbonyl (C=O) groups is 1. The topological polar surface area (TPSA) is 66.5 Å². The highest BCUT2D eigenvalue weighted by Gasteiger charge is 2.29. The number of rotatable bonds is 7. The molecule has 1 heterocycles. The van der Waals surface area contributed by atoms with Gasteiger partial charge in [0.15, 0.2) is 0 Å². The molecule has 1 amide bonds. The average molecular weight is 310 g/mol. The molecule has 21 heavy (non-hydrogen) atoms. The Bertz CT molecular complexity index is 572. The van der Waals surface area contributed by atoms with Crippen LogP contribution in [0.2, 0.25) is 0 Å². The fraction of sp³-hybridized carbons (Fsp3) is 0.533. The fourth-order valence-corrected chi connectivity index (χ4v) is 3.16. The van der Waals surface area contributed by atoms with Gasteiger partial charge in [-0.15, -0.1) is 0 Å². The van der Waals surface area contributed by atoms with Crippen molar-refractivity contribution >= 4 is 15.9 Å². The molecule has 1 N–H and O–H groups in total. The van der Waals surface area contributed by atoms with Crippen molar-refractivity contribution in [1.29, 1.82) is 0 Å². The van der Waals surface area contributed by atoms with Gasteiger partial charge in [0.2, 0.25) is 15.9 Å². The number of sulfonamides is 1. The smallest absolute Gasteiger partial charge is 0.222 e. The lowest BCUT2D eigenvalue weighted by atomic mass is 10.1. The van der Waals surface area contributed by atoms with Crippen LogP contribution in [-0.4, -0.2) is 44.6 Å². The molecule has 0 spiro atoms. The van der Waals surface area contributed by atoms with Gasteiger partial charge in [-0.25, -0.2) is 13.1 Å². The highest BCUT2D eigenvalue weighted by Crippen LogP contribution is 2.17. The highest BCUT2D eigenvalue weighted by molar-refractivity contribution is 7.89. The maximum absolute atomic E-state index is 11.9. The number of hydrogen-bond acceptors (Lipinski definition) is 3. The molecule has 0 aromatic heterocycles. The van der Waals surface area contributed by atoms with Gasteiger partial charge in [-0.05, 0) is 24.8 Å². The molecule has 0 radical (unpaired) electrons. The Labute approximate surface area is 126 Å². The van der Waals surface area contributed by atoms with Crippen LogP contribution in [-0.2, 0) is 21.2 Å². The maximum atomic E-state index is 11.9. The van der Waals surface area contributed by atoms with Crippen LogP contribution in [0.5, 0.6) is 0 Å². The second-order valence-electron chi connectivity index (χ2n) is 5.40. The summed E-state index contributed by atoms with van der Waals surface area (Å²) in [5.74, 6) is 0.270. The van der Waals surface area contributed by atoms with E-state index in [1.807, 2.05) is 35.2 Å². The Balaban J connectivity index is 1.80. The molecule has 0 saturated carbocycles. The minimum Gasteiger partial charge on any atom is -0.342 e. The molecule has 0 aliphatic carbocycles. The van der Waals surface area contributed by atoms with Crippen molar-refractivity contribution in [2.75, 3.05) is 25.4 Å². The van der Waals surface area contributed by atoms with Gasteiger partial charge in [-0.2, -0.15) is 0 Å². The lowest BCUT2D eigenvalue weighted by Crippen LogP contribution is -2.32. The zero-order chi connectivity index (χ0) is 15.3. The SMILES string of the molecule is CCS(=O)(=O)NCC1CC(=O)N(CCc2ccccc2)C1. The molecule has 1 atom stereocenters. The van der Waals surface area contributed by atoms with Crippen molar-refractivity contribution in [3.63, 3.8) is 0 Å². The van der Waals surface area contributed by atoms with Gasteiger partial charge >= 0.3 is 0 Å². The third-order valence-electron chi connectivity index (χ3n) is 3.78. The summed E-state index contributed by atoms with van der Waals surface area (Å²) >= 11 is 0. The Hall–Kier alpha value is -1.40. The van der Waals surface area contributed by atoms with Crippen molar-refractivity contribution in [2.24, 2.45) is 5.92 Å². The predicted molar refractivity (Wildman–Crippen MR) is 82.3 cm³/mol. The molecular weight excluding hydrogens is 288 g/mol. The minimum absolute atomic E-state index is 0.0748. The van der Waals surface area contributed by atoms with Crippen molar-refractivity contribution in [2.45, 2.75) is 19.8 Å². The molecule has 1 saturated heterocycles. The van der Waals surface area contributed by atoms with E-state index in [9.17, 15) is 13.2 Å². The zero-order valence-electron chi connectivity index (χ0n) is 12.3. The van der Waals surface area contributed by atoms with E-state index in [4.69, 9.17) is 0 Å². The number of carbonyl (C=O) groups excluding carboxylic acids is 1. The van der Waals surface area contributed by atoms with Gasteiger partial charge < -0.3 is 4.90 Å². The molecule has 1 fully saturated rings. The third kappa shape index (κ3) is 4.82. The lowest BCUT2D eigenvalue weighted by molar-refractivity contribution is -0.127. The van der Waals surface area contributed by atoms with E-state index in [1.165, 1.54) is 5.56 Å². The van der Waals surface area contributed by atoms with E-state index < -0.39 is 10.0 Å². The number of benzene rings is 1. The standard InChI is InChI=1S/C15H22N2O3S/c1-2-21(19,20)16-11-14-10-15(18)17(12-14)9-8-13-6-4-3-5-7-13/h3-7,14,16H,2,8-12H2,1H3. The van der Waals surface area contributed by atoms with E-state index in [0.717, 1.165) is 6.42 Å². The minimum atomic E-state index is -3.18. The van der Waals surface area contributed by atoms with Crippen LogP contribution in [0.25, 0.3) is 0 Å². The molecule has 1 aliphatic heterocycles. The van der Waals surface area contributed by atoms with Crippen LogP contribution in [0.15, 0.2) is 30.3 Å². The van der Waals surface area contributed by atoms with E-state index in [1.54, 1.807) is 6.92 Å². The summed E-state index contributed by atoms with van der Waals surface area (Å²) in [7, 11) is -3.18. The van der Waals surface area contributed by atoms with Gasteiger partial charge in [0.25, 0.3) is 0 Å². The molecular formula is C15H22N2O3S. The van der Waals surface area contributed by atoms with Gasteiger partial charge in [-0.1, -0.05) is 30.3 Å². The molecule has 5 nitrogen and oxygen atoms in total. The largest absolute Gasteiger partial charge is 0.342 e. The van der Waals surface area contributed by atoms with Gasteiger partial charge in [0, 0.05) is 26.1 Å². The van der Waals surface area contributed by atoms with Crippen LogP contribution >= 0.6 is 0 Å². The molecule has 1 aliphatic rings. The second-order valence-corrected chi connectivity index (χ2v) is 7.49. The van der Waals surface area contributed by atoms with Crippen LogP contribution in [0.3, 0.4) is 0 Å². The monoisotopic (exact) mass is 310 g/mol. The summed E-state index contributed by atoms with van der Waals surface area (Å²) in [4.78, 5) is 13.8. The summed E-state index contributed by atoms with van der Waals surface area (Å²) in [5.41, 5.74) is 1.21. The first-order valence-corrected chi connectivity index (χ1v) is 8.94. The van der Waals surface area contributed by atoms with Crippen molar-refractivity contribution in [3.8, 4) is 0 Å². The predicted octanol–water partition coefficient (Wildman–Crippen LogP) is 1.02. The Morgan fingerprint density at radius 1 is 1.29 bits per heavy atom. The van der Waals surface area contributed by atoms with Crippen molar-refractivity contribution in [1.82, 2.24) is 9.62 Å². The normalized spacial score (nSPS) is 19.2. The van der Waals surface area contributed by atoms with E-state index >= 15 is 0 Å². The summed E-state index contributed by atoms with van der Waals surface area (Å²) in [5, 5.41) is 0. The first-order valence-electron chi connectivity index (χ1n) is 7.29. The molecule has 1 unspecified atom stereocenters. The fourth-order valence-electron chi connectivity index (χ4n) is 2.46. The number of hydrogen-bond donors (Lipinski definition) is 1. The van der Waals surface area contributed by atoms with E-state index in [-0.39, 0.29) is 17.6 Å². The molecule has 2 rings (SSSR count). The average Bonchev–Trinajstić information content (AvgIpc) is 2.85. The number of amides is 1. The molecule has 1 aromatic carbocycles. The summed E-state index contributed by atoms with van der Waals surface area (Å²) in [6.07, 6.45) is 1.26. The Morgan fingerprint density at radius 2 is 2.00 bits per heavy atom. The Kier molecular flexibility index (Phi) is 5.36. The maximum Gasteiger partial charge on any atom is 0.222 e. The zero-order valence-corrected chi connectivity index (χ0v) is 13.1. The Morgan fingerprint density at radius 3 is 2.67 bits per heavy atom. The van der Waals surface area contributed by atoms with Crippen LogP contribution in [0.1, 0.15) is 18.9 Å². The van der Waals surface area contributed by atoms with Gasteiger partial charge in [0.1, 0.15) is 0 Å². The summed E-state index contributed by atoms with van der Waals surface area (Å²) in [6, 6.07) is 10.0. The molecule has 116 valence electrons.